The molecule has 132 valence electrons. The number of aromatic nitrogens is 2. The van der Waals surface area contributed by atoms with Crippen LogP contribution in [0.1, 0.15) is 41.1 Å². The lowest BCUT2D eigenvalue weighted by molar-refractivity contribution is 0.0390. The molecule has 0 unspecified atom stereocenters. The van der Waals surface area contributed by atoms with Crippen molar-refractivity contribution in [3.8, 4) is 11.5 Å². The number of amides is 1. The van der Waals surface area contributed by atoms with Crippen molar-refractivity contribution in [1.29, 1.82) is 0 Å². The molecule has 0 atom stereocenters. The van der Waals surface area contributed by atoms with Crippen LogP contribution in [-0.2, 0) is 11.3 Å². The average molecular weight is 350 g/mol. The van der Waals surface area contributed by atoms with E-state index in [1.54, 1.807) is 23.2 Å². The van der Waals surface area contributed by atoms with Crippen LogP contribution >= 0.6 is 0 Å². The van der Waals surface area contributed by atoms with Crippen molar-refractivity contribution in [1.82, 2.24) is 20.6 Å². The lowest BCUT2D eigenvalue weighted by Crippen LogP contribution is -2.47. The number of hydrazine groups is 1. The molecule has 7 nitrogen and oxygen atoms in total. The van der Waals surface area contributed by atoms with E-state index in [0.717, 1.165) is 18.4 Å². The zero-order chi connectivity index (χ0) is 17.4. The number of carbonyl (C=O) groups excluding carboxylic acids is 1. The Morgan fingerprint density at radius 2 is 2.04 bits per heavy atom. The van der Waals surface area contributed by atoms with Crippen LogP contribution in [0.2, 0.25) is 0 Å². The molecule has 3 heterocycles. The van der Waals surface area contributed by atoms with E-state index in [1.807, 2.05) is 0 Å². The third kappa shape index (κ3) is 3.12. The summed E-state index contributed by atoms with van der Waals surface area (Å²) in [6, 6.07) is 5.27. The molecule has 1 aromatic carbocycles. The van der Waals surface area contributed by atoms with Gasteiger partial charge >= 0.3 is 6.43 Å². The molecular weight excluding hydrogens is 334 g/mol. The second kappa shape index (κ2) is 6.49. The molecule has 1 amide bonds. The molecule has 9 heteroatoms. The zero-order valence-corrected chi connectivity index (χ0v) is 13.2. The lowest BCUT2D eigenvalue weighted by atomic mass is 10.1. The van der Waals surface area contributed by atoms with Crippen molar-refractivity contribution in [3.05, 3.63) is 35.2 Å². The molecule has 0 aliphatic carbocycles. The predicted molar refractivity (Wildman–Crippen MR) is 81.5 cm³/mol. The number of nitrogens with zero attached hydrogens (tertiary/aromatic N) is 3. The molecule has 0 spiro atoms. The molecule has 0 radical (unpaired) electrons. The third-order valence-electron chi connectivity index (χ3n) is 4.35. The molecule has 1 saturated heterocycles. The average Bonchev–Trinajstić information content (AvgIpc) is 3.22. The minimum Gasteiger partial charge on any atom is -0.415 e. The van der Waals surface area contributed by atoms with Crippen molar-refractivity contribution in [3.63, 3.8) is 0 Å². The molecule has 1 fully saturated rings. The first-order valence-corrected chi connectivity index (χ1v) is 8.02. The van der Waals surface area contributed by atoms with Gasteiger partial charge in [0.25, 0.3) is 11.8 Å². The van der Waals surface area contributed by atoms with Gasteiger partial charge in [-0.05, 0) is 30.5 Å². The van der Waals surface area contributed by atoms with Gasteiger partial charge in [0.15, 0.2) is 0 Å². The monoisotopic (exact) mass is 350 g/mol. The van der Waals surface area contributed by atoms with Crippen LogP contribution in [0.25, 0.3) is 11.5 Å². The van der Waals surface area contributed by atoms with E-state index in [1.165, 1.54) is 0 Å². The van der Waals surface area contributed by atoms with Gasteiger partial charge in [-0.15, -0.1) is 10.2 Å². The zero-order valence-electron chi connectivity index (χ0n) is 13.2. The van der Waals surface area contributed by atoms with E-state index < -0.39 is 12.3 Å². The summed E-state index contributed by atoms with van der Waals surface area (Å²) in [6.07, 6.45) is -1.12. The maximum absolute atomic E-state index is 12.6. The highest BCUT2D eigenvalue weighted by atomic mass is 19.3. The smallest absolute Gasteiger partial charge is 0.314 e. The summed E-state index contributed by atoms with van der Waals surface area (Å²) in [5.41, 5.74) is 5.06. The molecule has 0 saturated carbocycles. The summed E-state index contributed by atoms with van der Waals surface area (Å²) < 4.78 is 35.4. The Bertz CT molecular complexity index is 789. The van der Waals surface area contributed by atoms with E-state index in [4.69, 9.17) is 9.15 Å². The van der Waals surface area contributed by atoms with Gasteiger partial charge in [-0.2, -0.15) is 8.78 Å². The molecule has 2 aromatic rings. The predicted octanol–water partition coefficient (Wildman–Crippen LogP) is 2.31. The van der Waals surface area contributed by atoms with E-state index in [9.17, 15) is 13.6 Å². The van der Waals surface area contributed by atoms with Crippen LogP contribution in [0, 0.1) is 0 Å². The Hall–Kier alpha value is -2.39. The summed E-state index contributed by atoms with van der Waals surface area (Å²) in [4.78, 5) is 12.6. The molecule has 0 bridgehead atoms. The number of hydrogen-bond donors (Lipinski definition) is 1. The topological polar surface area (TPSA) is 80.5 Å². The fourth-order valence-electron chi connectivity index (χ4n) is 3.02. The summed E-state index contributed by atoms with van der Waals surface area (Å²) in [6.45, 7) is 1.82. The van der Waals surface area contributed by atoms with Crippen LogP contribution in [0.5, 0.6) is 0 Å². The van der Waals surface area contributed by atoms with Gasteiger partial charge in [-0.3, -0.25) is 9.80 Å². The minimum absolute atomic E-state index is 0.0262. The third-order valence-corrected chi connectivity index (χ3v) is 4.35. The summed E-state index contributed by atoms with van der Waals surface area (Å²) in [5, 5.41) is 8.52. The minimum atomic E-state index is -2.82. The maximum atomic E-state index is 12.6. The van der Waals surface area contributed by atoms with Gasteiger partial charge in [0.05, 0.1) is 6.54 Å². The Kier molecular flexibility index (Phi) is 4.18. The number of carbonyl (C=O) groups is 1. The molecule has 1 aromatic heterocycles. The summed E-state index contributed by atoms with van der Waals surface area (Å²) in [5.74, 6) is -0.914. The van der Waals surface area contributed by atoms with E-state index in [2.05, 4.69) is 15.6 Å². The Morgan fingerprint density at radius 3 is 2.76 bits per heavy atom. The number of nitrogens with one attached hydrogen (secondary N) is 1. The van der Waals surface area contributed by atoms with Gasteiger partial charge in [-0.25, -0.2) is 5.43 Å². The van der Waals surface area contributed by atoms with Crippen LogP contribution in [-0.4, -0.2) is 40.4 Å². The van der Waals surface area contributed by atoms with Crippen molar-refractivity contribution < 1.29 is 22.7 Å². The second-order valence-corrected chi connectivity index (χ2v) is 6.03. The number of halogens is 2. The van der Waals surface area contributed by atoms with Gasteiger partial charge in [0.2, 0.25) is 5.89 Å². The molecule has 2 aliphatic rings. The number of rotatable bonds is 4. The number of alkyl halides is 2. The quantitative estimate of drug-likeness (QED) is 0.911. The first-order chi connectivity index (χ1) is 12.1. The van der Waals surface area contributed by atoms with Crippen molar-refractivity contribution in [2.75, 3.05) is 13.2 Å². The van der Waals surface area contributed by atoms with Crippen molar-refractivity contribution in [2.24, 2.45) is 0 Å². The van der Waals surface area contributed by atoms with Crippen LogP contribution < -0.4 is 5.43 Å². The highest BCUT2D eigenvalue weighted by Gasteiger charge is 2.30. The largest absolute Gasteiger partial charge is 0.415 e. The second-order valence-electron chi connectivity index (χ2n) is 6.03. The standard InChI is InChI=1S/C16H16F2N4O3/c17-13(18)15-20-19-14(25-15)9-1-2-10-8-22(16(23)12(10)7-9)21-11-3-5-24-6-4-11/h1-2,7,11,13,21H,3-6,8H2. The molecular formula is C16H16F2N4O3. The highest BCUT2D eigenvalue weighted by Crippen LogP contribution is 2.29. The Morgan fingerprint density at radius 1 is 1.24 bits per heavy atom. The number of ether oxygens (including phenoxy) is 1. The van der Waals surface area contributed by atoms with Crippen molar-refractivity contribution >= 4 is 5.91 Å². The van der Waals surface area contributed by atoms with Crippen LogP contribution in [0.4, 0.5) is 8.78 Å². The van der Waals surface area contributed by atoms with E-state index >= 15 is 0 Å². The fourth-order valence-corrected chi connectivity index (χ4v) is 3.02. The molecule has 25 heavy (non-hydrogen) atoms. The molecule has 4 rings (SSSR count). The molecule has 1 N–H and O–H groups in total. The van der Waals surface area contributed by atoms with Gasteiger partial charge in [-0.1, -0.05) is 6.07 Å². The number of benzene rings is 1. The van der Waals surface area contributed by atoms with Gasteiger partial charge in [0.1, 0.15) is 0 Å². The molecule has 2 aliphatic heterocycles. The van der Waals surface area contributed by atoms with E-state index in [-0.39, 0.29) is 17.8 Å². The fraction of sp³-hybridized carbons (Fsp3) is 0.438. The van der Waals surface area contributed by atoms with Crippen LogP contribution in [0.3, 0.4) is 0 Å². The lowest BCUT2D eigenvalue weighted by Gasteiger charge is -2.28. The maximum Gasteiger partial charge on any atom is 0.314 e. The van der Waals surface area contributed by atoms with Gasteiger partial charge < -0.3 is 9.15 Å². The summed E-state index contributed by atoms with van der Waals surface area (Å²) in [7, 11) is 0. The first-order valence-electron chi connectivity index (χ1n) is 8.02. The van der Waals surface area contributed by atoms with Crippen molar-refractivity contribution in [2.45, 2.75) is 31.9 Å². The van der Waals surface area contributed by atoms with Gasteiger partial charge in [0, 0.05) is 30.4 Å². The summed E-state index contributed by atoms with van der Waals surface area (Å²) >= 11 is 0. The Balaban J connectivity index is 1.53. The van der Waals surface area contributed by atoms with Crippen LogP contribution in [0.15, 0.2) is 22.6 Å². The SMILES string of the molecule is O=C1c2cc(-c3nnc(C(F)F)o3)ccc2CN1NC1CCOCC1. The number of hydrogen-bond acceptors (Lipinski definition) is 6. The highest BCUT2D eigenvalue weighted by molar-refractivity contribution is 5.99. The normalized spacial score (nSPS) is 18.2. The number of fused-ring (bicyclic) bond motifs is 1. The first kappa shape index (κ1) is 16.1. The van der Waals surface area contributed by atoms with E-state index in [0.29, 0.717) is 30.9 Å². The Labute approximate surface area is 141 Å².